The van der Waals surface area contributed by atoms with E-state index in [1.807, 2.05) is 38.1 Å². The van der Waals surface area contributed by atoms with E-state index >= 15 is 0 Å². The minimum Gasteiger partial charge on any atom is -0.345 e. The van der Waals surface area contributed by atoms with Gasteiger partial charge in [0, 0.05) is 11.0 Å². The average molecular weight is 339 g/mol. The third kappa shape index (κ3) is 3.03. The largest absolute Gasteiger partial charge is 0.345 e. The van der Waals surface area contributed by atoms with Gasteiger partial charge >= 0.3 is 0 Å². The topological polar surface area (TPSA) is 49.4 Å². The molecule has 2 atom stereocenters. The molecule has 5 heteroatoms. The number of piperazine rings is 1. The zero-order chi connectivity index (χ0) is 14.7. The lowest BCUT2D eigenvalue weighted by molar-refractivity contribution is -0.148. The van der Waals surface area contributed by atoms with E-state index in [9.17, 15) is 9.59 Å². The van der Waals surface area contributed by atoms with E-state index in [-0.39, 0.29) is 30.3 Å². The van der Waals surface area contributed by atoms with Crippen LogP contribution in [-0.2, 0) is 16.1 Å². The van der Waals surface area contributed by atoms with Crippen molar-refractivity contribution in [1.82, 2.24) is 10.2 Å². The summed E-state index contributed by atoms with van der Waals surface area (Å²) in [7, 11) is 0. The van der Waals surface area contributed by atoms with Crippen LogP contribution in [0.15, 0.2) is 28.7 Å². The molecule has 2 amide bonds. The Morgan fingerprint density at radius 1 is 1.40 bits per heavy atom. The van der Waals surface area contributed by atoms with Gasteiger partial charge in [0.2, 0.25) is 11.8 Å². The number of nitrogens with one attached hydrogen (secondary N) is 1. The third-order valence-electron chi connectivity index (χ3n) is 3.82. The molecule has 1 saturated heterocycles. The molecular weight excluding hydrogens is 320 g/mol. The van der Waals surface area contributed by atoms with E-state index in [1.54, 1.807) is 4.90 Å². The molecule has 2 unspecified atom stereocenters. The van der Waals surface area contributed by atoms with Crippen molar-refractivity contribution in [2.24, 2.45) is 5.92 Å². The molecule has 2 rings (SSSR count). The lowest BCUT2D eigenvalue weighted by Crippen LogP contribution is -2.60. The average Bonchev–Trinajstić information content (AvgIpc) is 2.44. The molecular formula is C15H19BrN2O2. The van der Waals surface area contributed by atoms with Crippen LogP contribution in [0.25, 0.3) is 0 Å². The summed E-state index contributed by atoms with van der Waals surface area (Å²) in [6, 6.07) is 7.41. The highest BCUT2D eigenvalue weighted by molar-refractivity contribution is 9.10. The Morgan fingerprint density at radius 2 is 2.10 bits per heavy atom. The van der Waals surface area contributed by atoms with Crippen molar-refractivity contribution in [2.75, 3.05) is 6.54 Å². The first-order valence-corrected chi connectivity index (χ1v) is 7.64. The summed E-state index contributed by atoms with van der Waals surface area (Å²) in [6.07, 6.45) is 0.859. The van der Waals surface area contributed by atoms with E-state index < -0.39 is 0 Å². The van der Waals surface area contributed by atoms with Crippen LogP contribution >= 0.6 is 15.9 Å². The molecule has 0 saturated carbocycles. The van der Waals surface area contributed by atoms with Gasteiger partial charge in [-0.3, -0.25) is 9.59 Å². The van der Waals surface area contributed by atoms with Gasteiger partial charge in [-0.25, -0.2) is 0 Å². The second-order valence-electron chi connectivity index (χ2n) is 5.16. The molecule has 1 aliphatic rings. The van der Waals surface area contributed by atoms with Crippen molar-refractivity contribution in [1.29, 1.82) is 0 Å². The molecule has 20 heavy (non-hydrogen) atoms. The van der Waals surface area contributed by atoms with Crippen LogP contribution in [0.3, 0.4) is 0 Å². The van der Waals surface area contributed by atoms with Crippen molar-refractivity contribution in [3.63, 3.8) is 0 Å². The Morgan fingerprint density at radius 3 is 2.75 bits per heavy atom. The molecule has 1 fully saturated rings. The SMILES string of the molecule is CCC(C)C1C(=O)NCC(=O)N1Cc1ccccc1Br. The lowest BCUT2D eigenvalue weighted by Gasteiger charge is -2.38. The maximum atomic E-state index is 12.2. The highest BCUT2D eigenvalue weighted by Crippen LogP contribution is 2.24. The van der Waals surface area contributed by atoms with Crippen molar-refractivity contribution in [3.05, 3.63) is 34.3 Å². The lowest BCUT2D eigenvalue weighted by atomic mass is 9.94. The van der Waals surface area contributed by atoms with Gasteiger partial charge in [-0.1, -0.05) is 54.4 Å². The Labute approximate surface area is 127 Å². The van der Waals surface area contributed by atoms with E-state index in [0.717, 1.165) is 16.5 Å². The van der Waals surface area contributed by atoms with Crippen molar-refractivity contribution >= 4 is 27.7 Å². The Balaban J connectivity index is 2.27. The molecule has 4 nitrogen and oxygen atoms in total. The fraction of sp³-hybridized carbons (Fsp3) is 0.467. The number of carbonyl (C=O) groups is 2. The summed E-state index contributed by atoms with van der Waals surface area (Å²) in [5.74, 6) is 0.0680. The van der Waals surface area contributed by atoms with Crippen LogP contribution in [0, 0.1) is 5.92 Å². The maximum Gasteiger partial charge on any atom is 0.243 e. The molecule has 0 spiro atoms. The fourth-order valence-electron chi connectivity index (χ4n) is 2.45. The number of halogens is 1. The highest BCUT2D eigenvalue weighted by Gasteiger charge is 2.37. The van der Waals surface area contributed by atoms with Crippen molar-refractivity contribution in [3.8, 4) is 0 Å². The smallest absolute Gasteiger partial charge is 0.243 e. The Hall–Kier alpha value is -1.36. The standard InChI is InChI=1S/C15H19BrN2O2/c1-3-10(2)14-15(20)17-8-13(19)18(14)9-11-6-4-5-7-12(11)16/h4-7,10,14H,3,8-9H2,1-2H3,(H,17,20). The quantitative estimate of drug-likeness (QED) is 0.915. The molecule has 1 N–H and O–H groups in total. The van der Waals surface area contributed by atoms with Crippen LogP contribution in [0.5, 0.6) is 0 Å². The van der Waals surface area contributed by atoms with Crippen LogP contribution in [0.4, 0.5) is 0 Å². The van der Waals surface area contributed by atoms with Crippen LogP contribution in [0.1, 0.15) is 25.8 Å². The summed E-state index contributed by atoms with van der Waals surface area (Å²) in [4.78, 5) is 26.0. The van der Waals surface area contributed by atoms with Crippen LogP contribution in [0.2, 0.25) is 0 Å². The van der Waals surface area contributed by atoms with E-state index in [2.05, 4.69) is 21.2 Å². The number of hydrogen-bond acceptors (Lipinski definition) is 2. The number of rotatable bonds is 4. The second-order valence-corrected chi connectivity index (χ2v) is 6.02. The van der Waals surface area contributed by atoms with Gasteiger partial charge in [-0.05, 0) is 17.5 Å². The number of amides is 2. The van der Waals surface area contributed by atoms with E-state index in [4.69, 9.17) is 0 Å². The monoisotopic (exact) mass is 338 g/mol. The van der Waals surface area contributed by atoms with Gasteiger partial charge < -0.3 is 10.2 Å². The van der Waals surface area contributed by atoms with Crippen molar-refractivity contribution < 1.29 is 9.59 Å². The number of benzene rings is 1. The summed E-state index contributed by atoms with van der Waals surface area (Å²) >= 11 is 3.49. The van der Waals surface area contributed by atoms with Crippen LogP contribution in [-0.4, -0.2) is 29.3 Å². The van der Waals surface area contributed by atoms with Crippen LogP contribution < -0.4 is 5.32 Å². The summed E-state index contributed by atoms with van der Waals surface area (Å²) in [6.45, 7) is 4.60. The number of carbonyl (C=O) groups excluding carboxylic acids is 2. The number of hydrogen-bond donors (Lipinski definition) is 1. The third-order valence-corrected chi connectivity index (χ3v) is 4.59. The van der Waals surface area contributed by atoms with Gasteiger partial charge in [0.05, 0.1) is 6.54 Å². The molecule has 0 bridgehead atoms. The molecule has 108 valence electrons. The molecule has 0 radical (unpaired) electrons. The van der Waals surface area contributed by atoms with Gasteiger partial charge in [0.25, 0.3) is 0 Å². The Bertz CT molecular complexity index is 518. The first-order chi connectivity index (χ1) is 9.54. The first-order valence-electron chi connectivity index (χ1n) is 6.85. The zero-order valence-corrected chi connectivity index (χ0v) is 13.3. The zero-order valence-electron chi connectivity index (χ0n) is 11.7. The predicted molar refractivity (Wildman–Crippen MR) is 80.9 cm³/mol. The molecule has 1 aromatic carbocycles. The predicted octanol–water partition coefficient (Wildman–Crippen LogP) is 2.32. The fourth-order valence-corrected chi connectivity index (χ4v) is 2.86. The van der Waals surface area contributed by atoms with Gasteiger partial charge in [0.1, 0.15) is 6.04 Å². The molecule has 0 aliphatic carbocycles. The maximum absolute atomic E-state index is 12.2. The molecule has 1 aliphatic heterocycles. The van der Waals surface area contributed by atoms with E-state index in [0.29, 0.717) is 6.54 Å². The number of nitrogens with zero attached hydrogens (tertiary/aromatic N) is 1. The summed E-state index contributed by atoms with van der Waals surface area (Å²) < 4.78 is 0.960. The molecule has 0 aromatic heterocycles. The van der Waals surface area contributed by atoms with Crippen molar-refractivity contribution in [2.45, 2.75) is 32.9 Å². The highest BCUT2D eigenvalue weighted by atomic mass is 79.9. The van der Waals surface area contributed by atoms with Gasteiger partial charge in [0.15, 0.2) is 0 Å². The first kappa shape index (κ1) is 15.0. The molecule has 1 heterocycles. The Kier molecular flexibility index (Phi) is 4.81. The second kappa shape index (κ2) is 6.39. The van der Waals surface area contributed by atoms with Gasteiger partial charge in [-0.15, -0.1) is 0 Å². The summed E-state index contributed by atoms with van der Waals surface area (Å²) in [5.41, 5.74) is 1.02. The normalized spacial score (nSPS) is 20.8. The minimum absolute atomic E-state index is 0.0225. The van der Waals surface area contributed by atoms with Gasteiger partial charge in [-0.2, -0.15) is 0 Å². The minimum atomic E-state index is -0.381. The summed E-state index contributed by atoms with van der Waals surface area (Å²) in [5, 5.41) is 2.69. The molecule has 1 aromatic rings. The van der Waals surface area contributed by atoms with E-state index in [1.165, 1.54) is 0 Å².